The zero-order chi connectivity index (χ0) is 23.3. The van der Waals surface area contributed by atoms with Crippen LogP contribution in [0.5, 0.6) is 0 Å². The average molecular weight is 461 g/mol. The summed E-state index contributed by atoms with van der Waals surface area (Å²) < 4.78 is 42.9. The Labute approximate surface area is 184 Å². The number of furan rings is 1. The van der Waals surface area contributed by atoms with Crippen molar-refractivity contribution in [2.24, 2.45) is 0 Å². The van der Waals surface area contributed by atoms with Crippen LogP contribution in [0.4, 0.5) is 13.2 Å². The van der Waals surface area contributed by atoms with Crippen LogP contribution in [0.25, 0.3) is 0 Å². The molecule has 0 spiro atoms. The zero-order valence-electron chi connectivity index (χ0n) is 18.1. The second-order valence-corrected chi connectivity index (χ2v) is 8.29. The zero-order valence-corrected chi connectivity index (χ0v) is 18.1. The number of carboxylic acids is 1. The van der Waals surface area contributed by atoms with Gasteiger partial charge in [0.2, 0.25) is 5.91 Å². The topological polar surface area (TPSA) is 86.5 Å². The number of piperidine rings is 1. The van der Waals surface area contributed by atoms with Crippen molar-refractivity contribution >= 4 is 11.9 Å². The molecule has 1 aromatic heterocycles. The van der Waals surface area contributed by atoms with Crippen LogP contribution in [0, 0.1) is 6.92 Å². The summed E-state index contributed by atoms with van der Waals surface area (Å²) in [5.74, 6) is -0.413. The maximum atomic E-state index is 12.5. The van der Waals surface area contributed by atoms with E-state index in [0.717, 1.165) is 76.8 Å². The van der Waals surface area contributed by atoms with Gasteiger partial charge in [-0.2, -0.15) is 13.2 Å². The first-order valence-corrected chi connectivity index (χ1v) is 10.8. The first-order chi connectivity index (χ1) is 15.1. The molecule has 4 rings (SSSR count). The summed E-state index contributed by atoms with van der Waals surface area (Å²) in [7, 11) is 0. The molecule has 0 aromatic carbocycles. The summed E-state index contributed by atoms with van der Waals surface area (Å²) in [4.78, 5) is 28.5. The maximum absolute atomic E-state index is 12.5. The number of alkyl halides is 3. The van der Waals surface area contributed by atoms with Crippen LogP contribution in [0.2, 0.25) is 0 Å². The highest BCUT2D eigenvalue weighted by Crippen LogP contribution is 2.32. The molecule has 0 saturated carbocycles. The lowest BCUT2D eigenvalue weighted by atomic mass is 9.96. The van der Waals surface area contributed by atoms with Crippen LogP contribution < -0.4 is 0 Å². The molecule has 1 N–H and O–H groups in total. The van der Waals surface area contributed by atoms with Crippen molar-refractivity contribution < 1.29 is 37.0 Å². The normalized spacial score (nSPS) is 24.8. The molecule has 8 nitrogen and oxygen atoms in total. The van der Waals surface area contributed by atoms with E-state index < -0.39 is 12.1 Å². The van der Waals surface area contributed by atoms with Crippen LogP contribution in [-0.4, -0.2) is 95.9 Å². The third-order valence-corrected chi connectivity index (χ3v) is 6.16. The van der Waals surface area contributed by atoms with Gasteiger partial charge >= 0.3 is 12.1 Å². The molecule has 3 aliphatic rings. The maximum Gasteiger partial charge on any atom is 0.490 e. The monoisotopic (exact) mass is 461 g/mol. The number of nitrogens with zero attached hydrogens (tertiary/aromatic N) is 3. The molecule has 3 saturated heterocycles. The molecule has 3 fully saturated rings. The Morgan fingerprint density at radius 1 is 1.12 bits per heavy atom. The second kappa shape index (κ2) is 10.7. The van der Waals surface area contributed by atoms with Crippen molar-refractivity contribution in [2.45, 2.75) is 51.0 Å². The number of aryl methyl sites for hydroxylation is 1. The Kier molecular flexibility index (Phi) is 8.18. The molecule has 1 amide bonds. The fourth-order valence-electron chi connectivity index (χ4n) is 4.57. The fourth-order valence-corrected chi connectivity index (χ4v) is 4.57. The molecule has 11 heteroatoms. The number of carbonyl (C=O) groups excluding carboxylic acids is 1. The van der Waals surface area contributed by atoms with Gasteiger partial charge < -0.3 is 19.2 Å². The first-order valence-electron chi connectivity index (χ1n) is 10.8. The van der Waals surface area contributed by atoms with Gasteiger partial charge in [-0.05, 0) is 31.9 Å². The van der Waals surface area contributed by atoms with Gasteiger partial charge in [0, 0.05) is 51.2 Å². The number of morpholine rings is 1. The third kappa shape index (κ3) is 6.46. The minimum atomic E-state index is -5.08. The van der Waals surface area contributed by atoms with Gasteiger partial charge in [-0.25, -0.2) is 4.79 Å². The molecular formula is C21H30F3N3O5. The minimum Gasteiger partial charge on any atom is -0.475 e. The smallest absolute Gasteiger partial charge is 0.475 e. The van der Waals surface area contributed by atoms with E-state index in [-0.39, 0.29) is 0 Å². The molecular weight excluding hydrogens is 431 g/mol. The van der Waals surface area contributed by atoms with Gasteiger partial charge in [0.1, 0.15) is 11.5 Å². The largest absolute Gasteiger partial charge is 0.490 e. The number of rotatable bonds is 5. The number of amides is 1. The van der Waals surface area contributed by atoms with Crippen LogP contribution in [0.1, 0.15) is 30.8 Å². The standard InChI is InChI=1S/C19H29N3O3.C2HF3O2/c1-15-2-3-16(25-15)14-21-7-6-18-17(21)4-5-19(23)22(18)9-8-20-10-12-24-13-11-20;3-2(4,5)1(6)7/h2-3,17-18H,4-14H2,1H3;(H,6,7)/t17-,18-;/m0./s1. The van der Waals surface area contributed by atoms with Crippen LogP contribution in [0.3, 0.4) is 0 Å². The van der Waals surface area contributed by atoms with Crippen LogP contribution in [0.15, 0.2) is 16.5 Å². The van der Waals surface area contributed by atoms with Crippen LogP contribution >= 0.6 is 0 Å². The van der Waals surface area contributed by atoms with Crippen molar-refractivity contribution in [1.29, 1.82) is 0 Å². The van der Waals surface area contributed by atoms with Crippen LogP contribution in [-0.2, 0) is 20.9 Å². The van der Waals surface area contributed by atoms with E-state index >= 15 is 0 Å². The fraction of sp³-hybridized carbons (Fsp3) is 0.714. The minimum absolute atomic E-state index is 0.338. The molecule has 32 heavy (non-hydrogen) atoms. The Morgan fingerprint density at radius 3 is 2.41 bits per heavy atom. The Bertz CT molecular complexity index is 779. The van der Waals surface area contributed by atoms with E-state index in [4.69, 9.17) is 19.1 Å². The van der Waals surface area contributed by atoms with E-state index in [1.54, 1.807) is 0 Å². The van der Waals surface area contributed by atoms with E-state index in [1.165, 1.54) is 0 Å². The van der Waals surface area contributed by atoms with E-state index in [1.807, 2.05) is 13.0 Å². The number of likely N-dealkylation sites (tertiary alicyclic amines) is 2. The Morgan fingerprint density at radius 2 is 1.81 bits per heavy atom. The molecule has 0 aliphatic carbocycles. The van der Waals surface area contributed by atoms with E-state index in [0.29, 0.717) is 24.4 Å². The van der Waals surface area contributed by atoms with Crippen molar-refractivity contribution in [3.05, 3.63) is 23.7 Å². The number of halogens is 3. The highest BCUT2D eigenvalue weighted by atomic mass is 19.4. The van der Waals surface area contributed by atoms with Crippen molar-refractivity contribution in [3.63, 3.8) is 0 Å². The van der Waals surface area contributed by atoms with Gasteiger partial charge in [0.05, 0.1) is 19.8 Å². The highest BCUT2D eigenvalue weighted by molar-refractivity contribution is 5.77. The quantitative estimate of drug-likeness (QED) is 0.719. The van der Waals surface area contributed by atoms with Crippen molar-refractivity contribution in [1.82, 2.24) is 14.7 Å². The van der Waals surface area contributed by atoms with Crippen molar-refractivity contribution in [3.8, 4) is 0 Å². The summed E-state index contributed by atoms with van der Waals surface area (Å²) in [6.45, 7) is 9.33. The summed E-state index contributed by atoms with van der Waals surface area (Å²) in [6, 6.07) is 4.96. The lowest BCUT2D eigenvalue weighted by Gasteiger charge is -2.41. The molecule has 4 heterocycles. The molecule has 0 bridgehead atoms. The predicted molar refractivity (Wildman–Crippen MR) is 108 cm³/mol. The highest BCUT2D eigenvalue weighted by Gasteiger charge is 2.43. The van der Waals surface area contributed by atoms with Gasteiger partial charge in [-0.15, -0.1) is 0 Å². The molecule has 180 valence electrons. The van der Waals surface area contributed by atoms with Gasteiger partial charge in [0.15, 0.2) is 0 Å². The molecule has 2 atom stereocenters. The van der Waals surface area contributed by atoms with Crippen molar-refractivity contribution in [2.75, 3.05) is 45.9 Å². The Balaban J connectivity index is 0.000000360. The van der Waals surface area contributed by atoms with Gasteiger partial charge in [-0.3, -0.25) is 14.6 Å². The van der Waals surface area contributed by atoms with Gasteiger partial charge in [0.25, 0.3) is 0 Å². The van der Waals surface area contributed by atoms with Gasteiger partial charge in [-0.1, -0.05) is 0 Å². The average Bonchev–Trinajstić information content (AvgIpc) is 3.34. The molecule has 0 radical (unpaired) electrons. The Hall–Kier alpha value is -2.11. The summed E-state index contributed by atoms with van der Waals surface area (Å²) in [5.41, 5.74) is 0. The summed E-state index contributed by atoms with van der Waals surface area (Å²) >= 11 is 0. The lowest BCUT2D eigenvalue weighted by Crippen LogP contribution is -2.54. The molecule has 3 aliphatic heterocycles. The molecule has 0 unspecified atom stereocenters. The van der Waals surface area contributed by atoms with E-state index in [2.05, 4.69) is 20.8 Å². The predicted octanol–water partition coefficient (Wildman–Crippen LogP) is 2.12. The summed E-state index contributed by atoms with van der Waals surface area (Å²) in [6.07, 6.45) is -2.34. The number of ether oxygens (including phenoxy) is 1. The number of aliphatic carboxylic acids is 1. The number of carboxylic acid groups (broad SMARTS) is 1. The summed E-state index contributed by atoms with van der Waals surface area (Å²) in [5, 5.41) is 7.12. The number of hydrogen-bond acceptors (Lipinski definition) is 6. The van der Waals surface area contributed by atoms with E-state index in [9.17, 15) is 18.0 Å². The number of fused-ring (bicyclic) bond motifs is 1. The molecule has 1 aromatic rings. The number of hydrogen-bond donors (Lipinski definition) is 1. The SMILES string of the molecule is Cc1ccc(CN2CC[C@H]3[C@@H]2CCC(=O)N3CCN2CCOCC2)o1.O=C(O)C(F)(F)F. The lowest BCUT2D eigenvalue weighted by molar-refractivity contribution is -0.192. The second-order valence-electron chi connectivity index (χ2n) is 8.29. The first kappa shape index (κ1) is 24.5. The third-order valence-electron chi connectivity index (χ3n) is 6.16. The number of carbonyl (C=O) groups is 2.